The maximum absolute atomic E-state index is 12.0. The molecule has 1 aromatic heterocycles. The summed E-state index contributed by atoms with van der Waals surface area (Å²) in [6, 6.07) is 10.4. The molecule has 0 saturated carbocycles. The zero-order valence-corrected chi connectivity index (χ0v) is 23.3. The van der Waals surface area contributed by atoms with Crippen LogP contribution in [0.1, 0.15) is 43.0 Å². The predicted molar refractivity (Wildman–Crippen MR) is 134 cm³/mol. The molecule has 0 spiro atoms. The van der Waals surface area contributed by atoms with Gasteiger partial charge in [-0.15, -0.1) is 11.3 Å². The Morgan fingerprint density at radius 2 is 1.94 bits per heavy atom. The third-order valence-electron chi connectivity index (χ3n) is 6.31. The van der Waals surface area contributed by atoms with E-state index in [9.17, 15) is 4.79 Å². The van der Waals surface area contributed by atoms with Crippen LogP contribution in [0.2, 0.25) is 0 Å². The molecule has 1 saturated heterocycles. The van der Waals surface area contributed by atoms with E-state index in [1.165, 1.54) is 17.7 Å². The Bertz CT molecular complexity index is 1000. The highest BCUT2D eigenvalue weighted by atomic mass is 127. The Hall–Kier alpha value is -1.85. The molecule has 3 heterocycles. The molecule has 0 radical (unpaired) electrons. The van der Waals surface area contributed by atoms with Gasteiger partial charge in [-0.05, 0) is 31.5 Å². The minimum absolute atomic E-state index is 0. The summed E-state index contributed by atoms with van der Waals surface area (Å²) in [5, 5.41) is 4.71. The van der Waals surface area contributed by atoms with E-state index in [2.05, 4.69) is 49.3 Å². The number of hydrogen-bond donors (Lipinski definition) is 1. The van der Waals surface area contributed by atoms with Gasteiger partial charge in [0, 0.05) is 4.88 Å². The number of anilines is 2. The van der Waals surface area contributed by atoms with Crippen molar-refractivity contribution in [2.24, 2.45) is 4.99 Å². The monoisotopic (exact) mass is 598 g/mol. The average Bonchev–Trinajstić information content (AvgIpc) is 3.10. The normalized spacial score (nSPS) is 16.2. The number of nitrogens with zero attached hydrogens (tertiary/aromatic N) is 3. The number of halogens is 1. The summed E-state index contributed by atoms with van der Waals surface area (Å²) in [5.74, 6) is 1.02. The number of thiophene rings is 1. The predicted octanol–water partition coefficient (Wildman–Crippen LogP) is 2.65. The van der Waals surface area contributed by atoms with Gasteiger partial charge in [-0.1, -0.05) is 38.3 Å². The first-order valence-electron chi connectivity index (χ1n) is 11.9. The lowest BCUT2D eigenvalue weighted by atomic mass is 10.2. The first-order valence-corrected chi connectivity index (χ1v) is 12.7. The highest BCUT2D eigenvalue weighted by Gasteiger charge is 2.33. The molecule has 1 N–H and O–H groups in total. The number of likely N-dealkylation sites (N-methyl/N-ethyl adjacent to an activating group) is 1. The molecule has 186 valence electrons. The molecule has 1 aromatic carbocycles. The summed E-state index contributed by atoms with van der Waals surface area (Å²) in [4.78, 5) is 20.7. The first-order chi connectivity index (χ1) is 16.0. The number of fused-ring (bicyclic) bond motifs is 2. The van der Waals surface area contributed by atoms with Crippen LogP contribution < -0.4 is 29.3 Å². The lowest BCUT2D eigenvalue weighted by Crippen LogP contribution is -3.00. The van der Waals surface area contributed by atoms with E-state index in [1.54, 1.807) is 11.3 Å². The summed E-state index contributed by atoms with van der Waals surface area (Å²) in [5.41, 5.74) is 3.16. The Morgan fingerprint density at radius 3 is 2.71 bits per heavy atom. The van der Waals surface area contributed by atoms with Gasteiger partial charge in [0.25, 0.3) is 0 Å². The topological polar surface area (TPSA) is 63.2 Å². The van der Waals surface area contributed by atoms with Crippen LogP contribution in [0, 0.1) is 6.92 Å². The number of para-hydroxylation sites is 2. The minimum Gasteiger partial charge on any atom is -1.00 e. The smallest absolute Gasteiger partial charge is 0.512 e. The molecule has 2 aromatic rings. The maximum Gasteiger partial charge on any atom is 0.512 e. The molecule has 1 fully saturated rings. The van der Waals surface area contributed by atoms with Crippen molar-refractivity contribution in [3.63, 3.8) is 0 Å². The fourth-order valence-electron chi connectivity index (χ4n) is 4.21. The highest BCUT2D eigenvalue weighted by molar-refractivity contribution is 7.16. The summed E-state index contributed by atoms with van der Waals surface area (Å²) in [7, 11) is 2.14. The van der Waals surface area contributed by atoms with Gasteiger partial charge in [0.05, 0.1) is 56.8 Å². The van der Waals surface area contributed by atoms with E-state index in [0.717, 1.165) is 66.8 Å². The number of nitrogens with one attached hydrogen (secondary N) is 1. The largest absolute Gasteiger partial charge is 1.00 e. The fourth-order valence-corrected chi connectivity index (χ4v) is 5.13. The number of ether oxygens (including phenoxy) is 2. The van der Waals surface area contributed by atoms with E-state index < -0.39 is 6.16 Å². The molecule has 9 heteroatoms. The van der Waals surface area contributed by atoms with Crippen molar-refractivity contribution in [2.75, 3.05) is 51.9 Å². The molecule has 2 aliphatic heterocycles. The first kappa shape index (κ1) is 26.7. The van der Waals surface area contributed by atoms with Crippen molar-refractivity contribution in [1.29, 1.82) is 0 Å². The van der Waals surface area contributed by atoms with Crippen LogP contribution in [0.15, 0.2) is 35.3 Å². The van der Waals surface area contributed by atoms with Gasteiger partial charge in [0.15, 0.2) is 0 Å². The summed E-state index contributed by atoms with van der Waals surface area (Å²) >= 11 is 1.76. The van der Waals surface area contributed by atoms with Gasteiger partial charge in [0.1, 0.15) is 10.8 Å². The van der Waals surface area contributed by atoms with Gasteiger partial charge >= 0.3 is 6.16 Å². The Morgan fingerprint density at radius 1 is 1.18 bits per heavy atom. The number of rotatable bonds is 7. The van der Waals surface area contributed by atoms with Crippen LogP contribution in [0.25, 0.3) is 0 Å². The third kappa shape index (κ3) is 6.63. The number of piperazine rings is 1. The Balaban J connectivity index is 0.00000324. The van der Waals surface area contributed by atoms with E-state index >= 15 is 0 Å². The number of amidine groups is 1. The molecule has 7 nitrogen and oxygen atoms in total. The number of benzene rings is 1. The minimum atomic E-state index is -0.553. The molecular formula is C25H35IN4O3S. The molecular weight excluding hydrogens is 563 g/mol. The molecule has 2 aliphatic rings. The van der Waals surface area contributed by atoms with Gasteiger partial charge < -0.3 is 43.7 Å². The second-order valence-electron chi connectivity index (χ2n) is 9.16. The summed E-state index contributed by atoms with van der Waals surface area (Å²) < 4.78 is 11.4. The maximum atomic E-state index is 12.0. The van der Waals surface area contributed by atoms with E-state index in [4.69, 9.17) is 14.5 Å². The number of carbonyl (C=O) groups excluding carboxylic acids is 1. The molecule has 0 aliphatic carbocycles. The van der Waals surface area contributed by atoms with Crippen LogP contribution >= 0.6 is 11.3 Å². The van der Waals surface area contributed by atoms with Gasteiger partial charge in [0.2, 0.25) is 6.73 Å². The lowest BCUT2D eigenvalue weighted by Gasteiger charge is -2.41. The van der Waals surface area contributed by atoms with E-state index in [1.807, 2.05) is 12.1 Å². The molecule has 0 atom stereocenters. The molecule has 34 heavy (non-hydrogen) atoms. The van der Waals surface area contributed by atoms with Crippen molar-refractivity contribution in [2.45, 2.75) is 39.5 Å². The Kier molecular flexibility index (Phi) is 9.61. The van der Waals surface area contributed by atoms with Crippen molar-refractivity contribution in [1.82, 2.24) is 4.90 Å². The number of aryl methyl sites for hydroxylation is 1. The second-order valence-corrected chi connectivity index (χ2v) is 10.4. The third-order valence-corrected chi connectivity index (χ3v) is 7.27. The summed E-state index contributed by atoms with van der Waals surface area (Å²) in [6.07, 6.45) is 3.77. The molecule has 0 amide bonds. The Labute approximate surface area is 223 Å². The van der Waals surface area contributed by atoms with Crippen molar-refractivity contribution < 1.29 is 42.7 Å². The quantitative estimate of drug-likeness (QED) is 0.230. The van der Waals surface area contributed by atoms with Crippen LogP contribution in [-0.4, -0.2) is 67.9 Å². The highest BCUT2D eigenvalue weighted by Crippen LogP contribution is 2.39. The van der Waals surface area contributed by atoms with Crippen molar-refractivity contribution >= 4 is 39.7 Å². The zero-order valence-electron chi connectivity index (χ0n) is 20.3. The zero-order chi connectivity index (χ0) is 23.3. The summed E-state index contributed by atoms with van der Waals surface area (Å²) in [6.45, 7) is 8.51. The number of quaternary nitrogens is 1. The second kappa shape index (κ2) is 12.2. The van der Waals surface area contributed by atoms with Gasteiger partial charge in [-0.3, -0.25) is 4.48 Å². The number of aliphatic imine (C=N–C) groups is 1. The fraction of sp³-hybridized carbons (Fsp3) is 0.520. The van der Waals surface area contributed by atoms with Gasteiger partial charge in [-0.25, -0.2) is 9.79 Å². The number of hydrogen-bond acceptors (Lipinski definition) is 7. The molecule has 4 rings (SSSR count). The van der Waals surface area contributed by atoms with Crippen LogP contribution in [0.4, 0.5) is 21.2 Å². The van der Waals surface area contributed by atoms with Crippen LogP contribution in [0.3, 0.4) is 0 Å². The SMILES string of the molecule is CCCCCCOC(=O)OC[N+]1(C)CCN(C2=Nc3ccccc3Nc3sc(C)cc32)CC1.[I-]. The van der Waals surface area contributed by atoms with E-state index in [0.29, 0.717) is 17.8 Å². The van der Waals surface area contributed by atoms with Crippen molar-refractivity contribution in [3.8, 4) is 0 Å². The van der Waals surface area contributed by atoms with Crippen LogP contribution in [0.5, 0.6) is 0 Å². The molecule has 0 bridgehead atoms. The van der Waals surface area contributed by atoms with Crippen LogP contribution in [-0.2, 0) is 9.47 Å². The number of unbranched alkanes of at least 4 members (excludes halogenated alkanes) is 3. The number of carbonyl (C=O) groups is 1. The van der Waals surface area contributed by atoms with Gasteiger partial charge in [-0.2, -0.15) is 0 Å². The van der Waals surface area contributed by atoms with Crippen molar-refractivity contribution in [3.05, 3.63) is 40.8 Å². The average molecular weight is 599 g/mol. The lowest BCUT2D eigenvalue weighted by molar-refractivity contribution is -0.929. The molecule has 0 unspecified atom stereocenters. The van der Waals surface area contributed by atoms with E-state index in [-0.39, 0.29) is 24.0 Å². The standard InChI is InChI=1S/C25H35N4O3S.HI/c1-4-5-6-9-16-31-25(30)32-18-29(3)14-12-28(13-15-29)23-20-17-19(2)33-24(20)27-22-11-8-7-10-21(22)26-23;/h7-8,10-11,17,27H,4-6,9,12-16,18H2,1-3H3;1H/q+1;/p-1.